The number of halogens is 1. The maximum absolute atomic E-state index is 14.1. The third-order valence-corrected chi connectivity index (χ3v) is 8.45. The van der Waals surface area contributed by atoms with Crippen molar-refractivity contribution in [1.82, 2.24) is 10.2 Å². The number of fused-ring (bicyclic) bond motifs is 2. The van der Waals surface area contributed by atoms with E-state index in [9.17, 15) is 17.6 Å². The molecule has 1 saturated carbocycles. The van der Waals surface area contributed by atoms with Gasteiger partial charge in [0.1, 0.15) is 5.82 Å². The molecule has 1 aromatic carbocycles. The molecule has 1 aliphatic carbocycles. The molecule has 1 N–H and O–H groups in total. The van der Waals surface area contributed by atoms with Gasteiger partial charge in [0.15, 0.2) is 0 Å². The summed E-state index contributed by atoms with van der Waals surface area (Å²) in [5, 5.41) is 2.97. The number of nitrogens with zero attached hydrogens (tertiary/aromatic N) is 2. The third-order valence-electron chi connectivity index (χ3n) is 7.32. The first-order valence-corrected chi connectivity index (χ1v) is 12.9. The molecule has 2 unspecified atom stereocenters. The number of hydrogen-bond donors (Lipinski definition) is 1. The van der Waals surface area contributed by atoms with Gasteiger partial charge in [-0.25, -0.2) is 17.6 Å². The van der Waals surface area contributed by atoms with Crippen molar-refractivity contribution in [2.75, 3.05) is 37.3 Å². The first-order chi connectivity index (χ1) is 14.7. The number of sulfonamides is 1. The van der Waals surface area contributed by atoms with Crippen LogP contribution in [-0.4, -0.2) is 64.5 Å². The first kappa shape index (κ1) is 22.3. The maximum Gasteiger partial charge on any atom is 0.407 e. The molecule has 7 nitrogen and oxygen atoms in total. The van der Waals surface area contributed by atoms with Crippen LogP contribution in [0.15, 0.2) is 18.2 Å². The molecule has 4 rings (SSSR count). The van der Waals surface area contributed by atoms with Gasteiger partial charge in [0, 0.05) is 24.0 Å². The SMILES string of the molecule is COC(=O)NC1CCCCC(N2CCC3(CC2)CN(S(C)(=O)=O)c2ccc(F)cc23)C1. The summed E-state index contributed by atoms with van der Waals surface area (Å²) in [7, 11) is -2.03. The Kier molecular flexibility index (Phi) is 6.18. The normalized spacial score (nSPS) is 26.4. The molecule has 2 fully saturated rings. The Morgan fingerprint density at radius 3 is 2.61 bits per heavy atom. The number of ether oxygens (including phenoxy) is 1. The fourth-order valence-electron chi connectivity index (χ4n) is 5.66. The fourth-order valence-corrected chi connectivity index (χ4v) is 6.66. The number of methoxy groups -OCH3 is 1. The van der Waals surface area contributed by atoms with E-state index in [0.29, 0.717) is 18.3 Å². The Labute approximate surface area is 184 Å². The van der Waals surface area contributed by atoms with Gasteiger partial charge in [-0.1, -0.05) is 12.8 Å². The van der Waals surface area contributed by atoms with Crippen LogP contribution in [0.1, 0.15) is 50.5 Å². The summed E-state index contributed by atoms with van der Waals surface area (Å²) in [6.45, 7) is 2.06. The molecule has 31 heavy (non-hydrogen) atoms. The van der Waals surface area contributed by atoms with Crippen LogP contribution in [0, 0.1) is 5.82 Å². The zero-order chi connectivity index (χ0) is 22.2. The standard InChI is InChI=1S/C22H32FN3O4S/c1-30-21(27)24-17-5-3-4-6-18(14-17)25-11-9-22(10-12-25)15-26(31(2,28)29)20-8-7-16(23)13-19(20)22/h7-8,13,17-18H,3-6,9-12,14-15H2,1-2H3,(H,24,27). The largest absolute Gasteiger partial charge is 0.453 e. The number of likely N-dealkylation sites (tertiary alicyclic amines) is 1. The molecule has 1 amide bonds. The lowest BCUT2D eigenvalue weighted by molar-refractivity contribution is 0.105. The van der Waals surface area contributed by atoms with E-state index in [-0.39, 0.29) is 23.4 Å². The zero-order valence-corrected chi connectivity index (χ0v) is 19.1. The summed E-state index contributed by atoms with van der Waals surface area (Å²) in [4.78, 5) is 14.1. The molecule has 0 aromatic heterocycles. The van der Waals surface area contributed by atoms with Crippen molar-refractivity contribution in [3.63, 3.8) is 0 Å². The molecule has 0 bridgehead atoms. The average Bonchev–Trinajstić information content (AvgIpc) is 2.87. The molecular formula is C22H32FN3O4S. The van der Waals surface area contributed by atoms with Gasteiger partial charge in [0.05, 0.1) is 19.1 Å². The molecule has 172 valence electrons. The molecule has 2 aliphatic heterocycles. The Balaban J connectivity index is 1.49. The summed E-state index contributed by atoms with van der Waals surface area (Å²) in [6.07, 6.45) is 7.57. The molecule has 2 heterocycles. The zero-order valence-electron chi connectivity index (χ0n) is 18.3. The van der Waals surface area contributed by atoms with Gasteiger partial charge in [-0.3, -0.25) is 4.31 Å². The number of benzene rings is 1. The lowest BCUT2D eigenvalue weighted by atomic mass is 9.74. The Morgan fingerprint density at radius 1 is 1.23 bits per heavy atom. The van der Waals surface area contributed by atoms with Crippen molar-refractivity contribution < 1.29 is 22.3 Å². The van der Waals surface area contributed by atoms with Gasteiger partial charge in [-0.2, -0.15) is 0 Å². The van der Waals surface area contributed by atoms with Crippen molar-refractivity contribution in [2.24, 2.45) is 0 Å². The molecule has 1 aromatic rings. The number of hydrogen-bond acceptors (Lipinski definition) is 5. The van der Waals surface area contributed by atoms with Gasteiger partial charge in [-0.15, -0.1) is 0 Å². The number of piperidine rings is 1. The van der Waals surface area contributed by atoms with Crippen molar-refractivity contribution >= 4 is 21.8 Å². The topological polar surface area (TPSA) is 79.0 Å². The monoisotopic (exact) mass is 453 g/mol. The van der Waals surface area contributed by atoms with E-state index in [0.717, 1.165) is 63.6 Å². The summed E-state index contributed by atoms with van der Waals surface area (Å²) in [5.41, 5.74) is 1.10. The van der Waals surface area contributed by atoms with Crippen molar-refractivity contribution in [1.29, 1.82) is 0 Å². The maximum atomic E-state index is 14.1. The van der Waals surface area contributed by atoms with Crippen molar-refractivity contribution in [3.8, 4) is 0 Å². The van der Waals surface area contributed by atoms with Crippen molar-refractivity contribution in [3.05, 3.63) is 29.6 Å². The van der Waals surface area contributed by atoms with Crippen LogP contribution >= 0.6 is 0 Å². The second-order valence-electron chi connectivity index (χ2n) is 9.25. The smallest absolute Gasteiger partial charge is 0.407 e. The second-order valence-corrected chi connectivity index (χ2v) is 11.2. The minimum absolute atomic E-state index is 0.109. The van der Waals surface area contributed by atoms with Gasteiger partial charge in [0.2, 0.25) is 10.0 Å². The Hall–Kier alpha value is -1.87. The predicted molar refractivity (Wildman–Crippen MR) is 117 cm³/mol. The minimum atomic E-state index is -3.42. The van der Waals surface area contributed by atoms with E-state index >= 15 is 0 Å². The summed E-state index contributed by atoms with van der Waals surface area (Å²) < 4.78 is 45.1. The Morgan fingerprint density at radius 2 is 1.94 bits per heavy atom. The number of carbonyl (C=O) groups is 1. The third kappa shape index (κ3) is 4.53. The summed E-state index contributed by atoms with van der Waals surface area (Å²) in [5.74, 6) is -0.323. The van der Waals surface area contributed by atoms with Gasteiger partial charge < -0.3 is 15.0 Å². The van der Waals surface area contributed by atoms with Crippen LogP contribution in [0.3, 0.4) is 0 Å². The minimum Gasteiger partial charge on any atom is -0.453 e. The van der Waals surface area contributed by atoms with Crippen LogP contribution in [0.5, 0.6) is 0 Å². The summed E-state index contributed by atoms with van der Waals surface area (Å²) in [6, 6.07) is 4.95. The highest BCUT2D eigenvalue weighted by Gasteiger charge is 2.48. The molecular weight excluding hydrogens is 421 g/mol. The highest BCUT2D eigenvalue weighted by atomic mass is 32.2. The average molecular weight is 454 g/mol. The molecule has 0 radical (unpaired) electrons. The van der Waals surface area contributed by atoms with E-state index in [1.165, 1.54) is 29.8 Å². The molecule has 2 atom stereocenters. The van der Waals surface area contributed by atoms with E-state index in [1.807, 2.05) is 0 Å². The van der Waals surface area contributed by atoms with Gasteiger partial charge in [-0.05, 0) is 69.0 Å². The predicted octanol–water partition coefficient (Wildman–Crippen LogP) is 3.00. The number of nitrogens with one attached hydrogen (secondary N) is 1. The van der Waals surface area contributed by atoms with Gasteiger partial charge in [0.25, 0.3) is 0 Å². The van der Waals surface area contributed by atoms with Crippen LogP contribution in [0.4, 0.5) is 14.9 Å². The fraction of sp³-hybridized carbons (Fsp3) is 0.682. The van der Waals surface area contributed by atoms with Crippen LogP contribution in [0.2, 0.25) is 0 Å². The van der Waals surface area contributed by atoms with Crippen LogP contribution in [-0.2, 0) is 20.2 Å². The van der Waals surface area contributed by atoms with Crippen molar-refractivity contribution in [2.45, 2.75) is 62.4 Å². The molecule has 9 heteroatoms. The molecule has 1 spiro atoms. The highest BCUT2D eigenvalue weighted by Crippen LogP contribution is 2.48. The number of carbonyl (C=O) groups excluding carboxylic acids is 1. The number of rotatable bonds is 3. The first-order valence-electron chi connectivity index (χ1n) is 11.1. The highest BCUT2D eigenvalue weighted by molar-refractivity contribution is 7.92. The summed E-state index contributed by atoms with van der Waals surface area (Å²) >= 11 is 0. The number of anilines is 1. The molecule has 3 aliphatic rings. The Bertz CT molecular complexity index is 931. The lowest BCUT2D eigenvalue weighted by Gasteiger charge is -2.43. The lowest BCUT2D eigenvalue weighted by Crippen LogP contribution is -2.50. The number of amides is 1. The number of alkyl carbamates (subject to hydrolysis) is 1. The van der Waals surface area contributed by atoms with E-state index < -0.39 is 10.0 Å². The van der Waals surface area contributed by atoms with E-state index in [1.54, 1.807) is 6.07 Å². The van der Waals surface area contributed by atoms with E-state index in [2.05, 4.69) is 10.2 Å². The van der Waals surface area contributed by atoms with Gasteiger partial charge >= 0.3 is 6.09 Å². The second kappa shape index (κ2) is 8.58. The van der Waals surface area contributed by atoms with E-state index in [4.69, 9.17) is 4.74 Å². The molecule has 1 saturated heterocycles. The van der Waals surface area contributed by atoms with Crippen LogP contribution < -0.4 is 9.62 Å². The quantitative estimate of drug-likeness (QED) is 0.712. The van der Waals surface area contributed by atoms with Crippen LogP contribution in [0.25, 0.3) is 0 Å².